The van der Waals surface area contributed by atoms with Gasteiger partial charge in [0.15, 0.2) is 0 Å². The summed E-state index contributed by atoms with van der Waals surface area (Å²) in [7, 11) is 0. The summed E-state index contributed by atoms with van der Waals surface area (Å²) in [5.41, 5.74) is 8.70. The van der Waals surface area contributed by atoms with Crippen molar-refractivity contribution in [3.8, 4) is 11.3 Å². The number of carbonyl (C=O) groups is 1. The molecule has 5 nitrogen and oxygen atoms in total. The molecule has 2 aromatic carbocycles. The van der Waals surface area contributed by atoms with Gasteiger partial charge in [0.25, 0.3) is 5.91 Å². The number of nitrogen functional groups attached to an aromatic ring is 1. The highest BCUT2D eigenvalue weighted by Crippen LogP contribution is 2.36. The van der Waals surface area contributed by atoms with E-state index in [0.717, 1.165) is 30.0 Å². The Labute approximate surface area is 192 Å². The van der Waals surface area contributed by atoms with Crippen LogP contribution in [0.5, 0.6) is 0 Å². The Morgan fingerprint density at radius 1 is 1.19 bits per heavy atom. The second-order valence-electron chi connectivity index (χ2n) is 8.49. The van der Waals surface area contributed by atoms with Gasteiger partial charge in [0.05, 0.1) is 17.5 Å². The van der Waals surface area contributed by atoms with Crippen molar-refractivity contribution >= 4 is 23.3 Å². The van der Waals surface area contributed by atoms with E-state index in [4.69, 9.17) is 22.3 Å². The van der Waals surface area contributed by atoms with Crippen molar-refractivity contribution in [3.05, 3.63) is 76.3 Å². The topological polar surface area (TPSA) is 80.9 Å². The maximum atomic E-state index is 14.8. The van der Waals surface area contributed by atoms with Gasteiger partial charge in [-0.2, -0.15) is 0 Å². The van der Waals surface area contributed by atoms with E-state index in [-0.39, 0.29) is 17.9 Å². The molecule has 1 aromatic heterocycles. The van der Waals surface area contributed by atoms with Crippen molar-refractivity contribution in [3.63, 3.8) is 0 Å². The molecule has 1 amide bonds. The molecule has 0 atom stereocenters. The van der Waals surface area contributed by atoms with Crippen LogP contribution in [0, 0.1) is 11.7 Å². The fourth-order valence-electron chi connectivity index (χ4n) is 4.15. The van der Waals surface area contributed by atoms with Gasteiger partial charge in [0.1, 0.15) is 17.3 Å². The summed E-state index contributed by atoms with van der Waals surface area (Å²) >= 11 is 5.96. The van der Waals surface area contributed by atoms with Crippen LogP contribution in [0.25, 0.3) is 11.3 Å². The van der Waals surface area contributed by atoms with Gasteiger partial charge >= 0.3 is 0 Å². The highest BCUT2D eigenvalue weighted by molar-refractivity contribution is 6.30. The highest BCUT2D eigenvalue weighted by atomic mass is 35.5. The fourth-order valence-corrected chi connectivity index (χ4v) is 4.36. The first-order valence-corrected chi connectivity index (χ1v) is 11.2. The molecule has 3 N–H and O–H groups in total. The summed E-state index contributed by atoms with van der Waals surface area (Å²) in [5.74, 6) is 0.191. The molecule has 7 heteroatoms. The van der Waals surface area contributed by atoms with E-state index >= 15 is 0 Å². The van der Waals surface area contributed by atoms with Crippen molar-refractivity contribution in [1.82, 2.24) is 15.3 Å². The molecule has 4 rings (SSSR count). The standard InChI is InChI=1S/C25H26ClFN4O/c1-15-5-7-17(8-6-15)22-14-29-24(28)23(31-22)18-9-10-20(21(27)12-18)25(32)30-13-16-3-2-4-19(26)11-16/h2-4,9-12,14-15,17H,5-8,13H2,1H3,(H2,28,29)(H,30,32). The smallest absolute Gasteiger partial charge is 0.254 e. The molecule has 1 aliphatic rings. The Balaban J connectivity index is 1.51. The summed E-state index contributed by atoms with van der Waals surface area (Å²) in [6.07, 6.45) is 6.20. The lowest BCUT2D eigenvalue weighted by molar-refractivity contribution is 0.0947. The molecule has 32 heavy (non-hydrogen) atoms. The summed E-state index contributed by atoms with van der Waals surface area (Å²) in [4.78, 5) is 21.5. The Kier molecular flexibility index (Phi) is 6.70. The number of anilines is 1. The van der Waals surface area contributed by atoms with E-state index < -0.39 is 11.7 Å². The number of nitrogens with zero attached hydrogens (tertiary/aromatic N) is 2. The van der Waals surface area contributed by atoms with Crippen LogP contribution >= 0.6 is 11.6 Å². The molecule has 3 aromatic rings. The van der Waals surface area contributed by atoms with Crippen molar-refractivity contribution < 1.29 is 9.18 Å². The minimum Gasteiger partial charge on any atom is -0.382 e. The predicted octanol–water partition coefficient (Wildman–Crippen LogP) is 5.74. The molecule has 0 saturated heterocycles. The third-order valence-electron chi connectivity index (χ3n) is 6.08. The normalized spacial score (nSPS) is 18.3. The average Bonchev–Trinajstić information content (AvgIpc) is 2.78. The van der Waals surface area contributed by atoms with Gasteiger partial charge in [-0.15, -0.1) is 0 Å². The van der Waals surface area contributed by atoms with E-state index in [1.54, 1.807) is 30.5 Å². The van der Waals surface area contributed by atoms with Gasteiger partial charge in [-0.05, 0) is 48.6 Å². The Hall–Kier alpha value is -2.99. The summed E-state index contributed by atoms with van der Waals surface area (Å²) in [5, 5.41) is 3.30. The minimum atomic E-state index is -0.635. The van der Waals surface area contributed by atoms with E-state index in [0.29, 0.717) is 22.2 Å². The molecule has 0 bridgehead atoms. The number of nitrogens with two attached hydrogens (primary N) is 1. The lowest BCUT2D eigenvalue weighted by Gasteiger charge is -2.25. The van der Waals surface area contributed by atoms with E-state index in [9.17, 15) is 9.18 Å². The van der Waals surface area contributed by atoms with Gasteiger partial charge in [-0.3, -0.25) is 4.79 Å². The van der Waals surface area contributed by atoms with Crippen molar-refractivity contribution in [2.45, 2.75) is 45.1 Å². The molecule has 1 aliphatic carbocycles. The van der Waals surface area contributed by atoms with Crippen LogP contribution in [-0.2, 0) is 6.54 Å². The zero-order chi connectivity index (χ0) is 22.7. The third-order valence-corrected chi connectivity index (χ3v) is 6.32. The lowest BCUT2D eigenvalue weighted by Crippen LogP contribution is -2.23. The quantitative estimate of drug-likeness (QED) is 0.517. The minimum absolute atomic E-state index is 0.0419. The number of aromatic nitrogens is 2. The monoisotopic (exact) mass is 452 g/mol. The number of nitrogens with one attached hydrogen (secondary N) is 1. The highest BCUT2D eigenvalue weighted by Gasteiger charge is 2.22. The molecule has 1 saturated carbocycles. The Morgan fingerprint density at radius 3 is 2.69 bits per heavy atom. The number of halogens is 2. The fraction of sp³-hybridized carbons (Fsp3) is 0.320. The molecule has 1 heterocycles. The predicted molar refractivity (Wildman–Crippen MR) is 125 cm³/mol. The first-order chi connectivity index (χ1) is 15.4. The first-order valence-electron chi connectivity index (χ1n) is 10.9. The Morgan fingerprint density at radius 2 is 1.97 bits per heavy atom. The number of benzene rings is 2. The molecular formula is C25H26ClFN4O. The van der Waals surface area contributed by atoms with Crippen molar-refractivity contribution in [2.75, 3.05) is 5.73 Å². The number of carbonyl (C=O) groups excluding carboxylic acids is 1. The van der Waals surface area contributed by atoms with E-state index in [1.165, 1.54) is 25.0 Å². The number of hydrogen-bond acceptors (Lipinski definition) is 4. The zero-order valence-corrected chi connectivity index (χ0v) is 18.7. The van der Waals surface area contributed by atoms with Crippen molar-refractivity contribution in [1.29, 1.82) is 0 Å². The maximum Gasteiger partial charge on any atom is 0.254 e. The maximum absolute atomic E-state index is 14.8. The van der Waals surface area contributed by atoms with Crippen LogP contribution in [0.15, 0.2) is 48.7 Å². The van der Waals surface area contributed by atoms with Gasteiger partial charge in [-0.25, -0.2) is 14.4 Å². The SMILES string of the molecule is CC1CCC(c2cnc(N)c(-c3ccc(C(=O)NCc4cccc(Cl)c4)c(F)c3)n2)CC1. The molecule has 1 fully saturated rings. The van der Waals surface area contributed by atoms with Crippen LogP contribution in [0.2, 0.25) is 5.02 Å². The van der Waals surface area contributed by atoms with Crippen LogP contribution in [0.4, 0.5) is 10.2 Å². The summed E-state index contributed by atoms with van der Waals surface area (Å²) < 4.78 is 14.8. The molecule has 0 spiro atoms. The number of hydrogen-bond donors (Lipinski definition) is 2. The molecular weight excluding hydrogens is 427 g/mol. The number of amides is 1. The van der Waals surface area contributed by atoms with Gasteiger partial charge in [0.2, 0.25) is 0 Å². The molecule has 0 unspecified atom stereocenters. The van der Waals surface area contributed by atoms with E-state index in [1.807, 2.05) is 6.07 Å². The molecule has 166 valence electrons. The zero-order valence-electron chi connectivity index (χ0n) is 17.9. The van der Waals surface area contributed by atoms with Crippen molar-refractivity contribution in [2.24, 2.45) is 5.92 Å². The number of rotatable bonds is 5. The van der Waals surface area contributed by atoms with Crippen LogP contribution < -0.4 is 11.1 Å². The average molecular weight is 453 g/mol. The second kappa shape index (κ2) is 9.65. The largest absolute Gasteiger partial charge is 0.382 e. The van der Waals surface area contributed by atoms with Gasteiger partial charge in [0, 0.05) is 23.0 Å². The van der Waals surface area contributed by atoms with Gasteiger partial charge in [-0.1, -0.05) is 49.6 Å². The summed E-state index contributed by atoms with van der Waals surface area (Å²) in [6.45, 7) is 2.52. The lowest BCUT2D eigenvalue weighted by atomic mass is 9.81. The van der Waals surface area contributed by atoms with E-state index in [2.05, 4.69) is 17.2 Å². The molecule has 0 radical (unpaired) electrons. The van der Waals surface area contributed by atoms with Crippen LogP contribution in [0.1, 0.15) is 60.1 Å². The third kappa shape index (κ3) is 5.07. The summed E-state index contributed by atoms with van der Waals surface area (Å²) in [6, 6.07) is 11.5. The second-order valence-corrected chi connectivity index (χ2v) is 8.93. The molecule has 0 aliphatic heterocycles. The Bertz CT molecular complexity index is 1130. The van der Waals surface area contributed by atoms with Crippen LogP contribution in [0.3, 0.4) is 0 Å². The van der Waals surface area contributed by atoms with Gasteiger partial charge < -0.3 is 11.1 Å². The first kappa shape index (κ1) is 22.2. The van der Waals surface area contributed by atoms with Crippen LogP contribution in [-0.4, -0.2) is 15.9 Å².